The maximum atomic E-state index is 9.05. The summed E-state index contributed by atoms with van der Waals surface area (Å²) in [4.78, 5) is 14.7. The Morgan fingerprint density at radius 3 is 2.48 bits per heavy atom. The number of hydrogen-bond donors (Lipinski definition) is 1. The van der Waals surface area contributed by atoms with Gasteiger partial charge in [-0.15, -0.1) is 0 Å². The van der Waals surface area contributed by atoms with Crippen LogP contribution >= 0.6 is 0 Å². The first kappa shape index (κ1) is 14.7. The largest absolute Gasteiger partial charge is 0.365 e. The summed E-state index contributed by atoms with van der Waals surface area (Å²) < 4.78 is 0. The molecule has 0 bridgehead atoms. The van der Waals surface area contributed by atoms with Gasteiger partial charge in [-0.3, -0.25) is 0 Å². The van der Waals surface area contributed by atoms with Crippen molar-refractivity contribution in [3.63, 3.8) is 0 Å². The van der Waals surface area contributed by atoms with Gasteiger partial charge in [0.15, 0.2) is 11.5 Å². The van der Waals surface area contributed by atoms with E-state index in [2.05, 4.69) is 31.2 Å². The first-order chi connectivity index (χ1) is 11.3. The summed E-state index contributed by atoms with van der Waals surface area (Å²) in [5, 5.41) is 21.2. The van der Waals surface area contributed by atoms with Crippen molar-refractivity contribution in [2.75, 3.05) is 23.3 Å². The van der Waals surface area contributed by atoms with E-state index < -0.39 is 0 Å². The van der Waals surface area contributed by atoms with Crippen LogP contribution < -0.4 is 10.2 Å². The average molecular weight is 305 g/mol. The van der Waals surface area contributed by atoms with Crippen LogP contribution in [-0.4, -0.2) is 34.1 Å². The van der Waals surface area contributed by atoms with Gasteiger partial charge in [0.25, 0.3) is 0 Å². The fourth-order valence-electron chi connectivity index (χ4n) is 2.61. The van der Waals surface area contributed by atoms with E-state index in [4.69, 9.17) is 10.5 Å². The van der Waals surface area contributed by atoms with Gasteiger partial charge in [0.2, 0.25) is 0 Å². The molecule has 2 aromatic heterocycles. The summed E-state index contributed by atoms with van der Waals surface area (Å²) >= 11 is 0. The van der Waals surface area contributed by atoms with Crippen LogP contribution in [0, 0.1) is 22.7 Å². The Balaban J connectivity index is 1.60. The molecule has 7 heteroatoms. The molecule has 1 saturated heterocycles. The highest BCUT2D eigenvalue weighted by molar-refractivity contribution is 5.48. The van der Waals surface area contributed by atoms with Crippen LogP contribution in [0.5, 0.6) is 0 Å². The Bertz CT molecular complexity index is 749. The lowest BCUT2D eigenvalue weighted by Crippen LogP contribution is -2.39. The quantitative estimate of drug-likeness (QED) is 0.920. The van der Waals surface area contributed by atoms with Crippen molar-refractivity contribution in [3.05, 3.63) is 42.0 Å². The van der Waals surface area contributed by atoms with Crippen molar-refractivity contribution in [3.8, 4) is 12.1 Å². The molecule has 0 amide bonds. The number of pyridine rings is 1. The Morgan fingerprint density at radius 1 is 1.04 bits per heavy atom. The normalized spacial score (nSPS) is 14.8. The van der Waals surface area contributed by atoms with Crippen molar-refractivity contribution in [2.24, 2.45) is 0 Å². The van der Waals surface area contributed by atoms with Crippen LogP contribution in [-0.2, 0) is 0 Å². The molecule has 23 heavy (non-hydrogen) atoms. The summed E-state index contributed by atoms with van der Waals surface area (Å²) in [7, 11) is 0. The van der Waals surface area contributed by atoms with Crippen LogP contribution in [0.25, 0.3) is 0 Å². The lowest BCUT2D eigenvalue weighted by Gasteiger charge is -2.33. The number of nitriles is 2. The molecule has 0 spiro atoms. The predicted octanol–water partition coefficient (Wildman–Crippen LogP) is 1.70. The van der Waals surface area contributed by atoms with E-state index in [1.807, 2.05) is 12.1 Å². The van der Waals surface area contributed by atoms with E-state index in [0.29, 0.717) is 17.1 Å². The average Bonchev–Trinajstić information content (AvgIpc) is 2.63. The minimum atomic E-state index is 0.258. The number of aromatic nitrogens is 3. The summed E-state index contributed by atoms with van der Waals surface area (Å²) in [5.41, 5.74) is 0.890. The second kappa shape index (κ2) is 6.71. The number of anilines is 2. The number of rotatable bonds is 3. The third-order valence-electron chi connectivity index (χ3n) is 3.84. The van der Waals surface area contributed by atoms with Gasteiger partial charge >= 0.3 is 0 Å². The summed E-state index contributed by atoms with van der Waals surface area (Å²) in [6.45, 7) is 1.72. The van der Waals surface area contributed by atoms with E-state index in [1.54, 1.807) is 18.5 Å². The molecule has 7 nitrogen and oxygen atoms in total. The van der Waals surface area contributed by atoms with Gasteiger partial charge in [0.05, 0.1) is 5.56 Å². The highest BCUT2D eigenvalue weighted by Crippen LogP contribution is 2.20. The van der Waals surface area contributed by atoms with Crippen LogP contribution in [0.3, 0.4) is 0 Å². The van der Waals surface area contributed by atoms with Crippen LogP contribution in [0.15, 0.2) is 30.7 Å². The molecular formula is C16H15N7. The van der Waals surface area contributed by atoms with Crippen molar-refractivity contribution >= 4 is 11.6 Å². The maximum absolute atomic E-state index is 9.05. The molecular weight excluding hydrogens is 290 g/mol. The smallest absolute Gasteiger partial charge is 0.182 e. The fourth-order valence-corrected chi connectivity index (χ4v) is 2.61. The van der Waals surface area contributed by atoms with Gasteiger partial charge in [0.1, 0.15) is 18.0 Å². The minimum Gasteiger partial charge on any atom is -0.365 e. The van der Waals surface area contributed by atoms with E-state index in [1.165, 1.54) is 6.20 Å². The highest BCUT2D eigenvalue weighted by atomic mass is 15.2. The Kier molecular flexibility index (Phi) is 4.30. The van der Waals surface area contributed by atoms with E-state index in [9.17, 15) is 0 Å². The minimum absolute atomic E-state index is 0.258. The Morgan fingerprint density at radius 2 is 1.83 bits per heavy atom. The number of piperidine rings is 1. The molecule has 1 aliphatic rings. The second-order valence-corrected chi connectivity index (χ2v) is 5.29. The van der Waals surface area contributed by atoms with Crippen LogP contribution in [0.4, 0.5) is 11.6 Å². The molecule has 1 aliphatic heterocycles. The first-order valence-corrected chi connectivity index (χ1v) is 7.39. The molecule has 0 aliphatic carbocycles. The van der Waals surface area contributed by atoms with Crippen molar-refractivity contribution in [1.82, 2.24) is 15.0 Å². The van der Waals surface area contributed by atoms with Gasteiger partial charge < -0.3 is 10.2 Å². The zero-order valence-electron chi connectivity index (χ0n) is 12.5. The number of hydrogen-bond acceptors (Lipinski definition) is 7. The molecule has 0 unspecified atom stereocenters. The van der Waals surface area contributed by atoms with Crippen LogP contribution in [0.1, 0.15) is 24.1 Å². The molecule has 0 aromatic carbocycles. The van der Waals surface area contributed by atoms with Crippen molar-refractivity contribution in [2.45, 2.75) is 18.9 Å². The molecule has 0 saturated carbocycles. The molecule has 0 radical (unpaired) electrons. The molecule has 1 N–H and O–H groups in total. The maximum Gasteiger partial charge on any atom is 0.182 e. The fraction of sp³-hybridized carbons (Fsp3) is 0.312. The molecule has 1 fully saturated rings. The van der Waals surface area contributed by atoms with Gasteiger partial charge in [-0.05, 0) is 25.0 Å². The molecule has 2 aromatic rings. The van der Waals surface area contributed by atoms with E-state index in [0.717, 1.165) is 31.7 Å². The van der Waals surface area contributed by atoms with Crippen molar-refractivity contribution < 1.29 is 0 Å². The monoisotopic (exact) mass is 305 g/mol. The lowest BCUT2D eigenvalue weighted by molar-refractivity contribution is 0.522. The zero-order valence-corrected chi connectivity index (χ0v) is 12.5. The summed E-state index contributed by atoms with van der Waals surface area (Å²) in [6.07, 6.45) is 6.53. The third-order valence-corrected chi connectivity index (χ3v) is 3.84. The molecule has 0 atom stereocenters. The van der Waals surface area contributed by atoms with E-state index >= 15 is 0 Å². The number of nitrogens with one attached hydrogen (secondary N) is 1. The van der Waals surface area contributed by atoms with Crippen LogP contribution in [0.2, 0.25) is 0 Å². The van der Waals surface area contributed by atoms with Crippen molar-refractivity contribution in [1.29, 1.82) is 10.5 Å². The van der Waals surface area contributed by atoms with Gasteiger partial charge in [0, 0.05) is 37.7 Å². The topological polar surface area (TPSA) is 102 Å². The van der Waals surface area contributed by atoms with E-state index in [-0.39, 0.29) is 6.04 Å². The summed E-state index contributed by atoms with van der Waals surface area (Å²) in [5.74, 6) is 1.43. The Labute approximate surface area is 134 Å². The second-order valence-electron chi connectivity index (χ2n) is 5.29. The zero-order chi connectivity index (χ0) is 16.1. The SMILES string of the molecule is N#Cc1ccc(N2CCC(Nc3nccnc3C#N)CC2)nc1. The standard InChI is InChI=1S/C16H15N7/c17-9-12-1-2-15(21-11-12)23-7-3-13(4-8-23)22-16-14(10-18)19-5-6-20-16/h1-2,5-6,11,13H,3-4,7-8H2,(H,20,22). The predicted molar refractivity (Wildman–Crippen MR) is 84.6 cm³/mol. The van der Waals surface area contributed by atoms with Gasteiger partial charge in [-0.25, -0.2) is 15.0 Å². The third kappa shape index (κ3) is 3.35. The molecule has 114 valence electrons. The molecule has 3 heterocycles. The molecule has 3 rings (SSSR count). The summed E-state index contributed by atoms with van der Waals surface area (Å²) in [6, 6.07) is 8.04. The lowest BCUT2D eigenvalue weighted by atomic mass is 10.0. The number of nitrogens with zero attached hydrogens (tertiary/aromatic N) is 6. The van der Waals surface area contributed by atoms with Gasteiger partial charge in [-0.1, -0.05) is 0 Å². The van der Waals surface area contributed by atoms with Gasteiger partial charge in [-0.2, -0.15) is 10.5 Å². The highest BCUT2D eigenvalue weighted by Gasteiger charge is 2.21. The first-order valence-electron chi connectivity index (χ1n) is 7.39. The Hall–Kier alpha value is -3.19.